The Kier molecular flexibility index (Phi) is 5.58. The summed E-state index contributed by atoms with van der Waals surface area (Å²) in [5, 5.41) is 23.6. The molecule has 1 N–H and O–H groups in total. The van der Waals surface area contributed by atoms with E-state index in [-0.39, 0.29) is 11.8 Å². The molecular formula is C15H10F3N3O6. The number of rotatable bonds is 6. The maximum absolute atomic E-state index is 13.0. The molecule has 0 atom stereocenters. The number of carbonyl (C=O) groups excluding carboxylic acids is 1. The van der Waals surface area contributed by atoms with Crippen LogP contribution in [0.1, 0.15) is 5.56 Å². The molecule has 0 bridgehead atoms. The zero-order valence-corrected chi connectivity index (χ0v) is 13.2. The first-order valence-electron chi connectivity index (χ1n) is 7.11. The van der Waals surface area contributed by atoms with Crippen LogP contribution in [-0.2, 0) is 11.0 Å². The number of alkyl halides is 3. The molecule has 12 heteroatoms. The fourth-order valence-corrected chi connectivity index (χ4v) is 2.05. The fourth-order valence-electron chi connectivity index (χ4n) is 2.05. The Bertz CT molecular complexity index is 901. The summed E-state index contributed by atoms with van der Waals surface area (Å²) < 4.78 is 43.9. The molecule has 0 unspecified atom stereocenters. The first-order valence-corrected chi connectivity index (χ1v) is 7.11. The summed E-state index contributed by atoms with van der Waals surface area (Å²) in [6.45, 7) is -0.896. The molecule has 2 aromatic carbocycles. The van der Waals surface area contributed by atoms with Crippen LogP contribution in [0, 0.1) is 20.2 Å². The average molecular weight is 385 g/mol. The van der Waals surface area contributed by atoms with Gasteiger partial charge in [0, 0.05) is 18.2 Å². The van der Waals surface area contributed by atoms with Crippen molar-refractivity contribution in [2.45, 2.75) is 6.18 Å². The van der Waals surface area contributed by atoms with Gasteiger partial charge in [-0.15, -0.1) is 0 Å². The Hall–Kier alpha value is -3.70. The third kappa shape index (κ3) is 4.90. The predicted molar refractivity (Wildman–Crippen MR) is 85.3 cm³/mol. The van der Waals surface area contributed by atoms with Gasteiger partial charge in [-0.25, -0.2) is 0 Å². The summed E-state index contributed by atoms with van der Waals surface area (Å²) in [4.78, 5) is 31.6. The van der Waals surface area contributed by atoms with E-state index < -0.39 is 51.2 Å². The quantitative estimate of drug-likeness (QED) is 0.599. The second-order valence-electron chi connectivity index (χ2n) is 5.05. The summed E-state index contributed by atoms with van der Waals surface area (Å²) >= 11 is 0. The summed E-state index contributed by atoms with van der Waals surface area (Å²) in [6, 6.07) is 6.97. The zero-order chi connectivity index (χ0) is 20.2. The normalized spacial score (nSPS) is 10.9. The number of nitrogens with zero attached hydrogens (tertiary/aromatic N) is 2. The molecule has 0 radical (unpaired) electrons. The van der Waals surface area contributed by atoms with Crippen LogP contribution in [0.3, 0.4) is 0 Å². The second kappa shape index (κ2) is 7.68. The Labute approximate surface area is 148 Å². The van der Waals surface area contributed by atoms with Gasteiger partial charge in [0.25, 0.3) is 17.3 Å². The number of anilines is 1. The van der Waals surface area contributed by atoms with Gasteiger partial charge in [-0.3, -0.25) is 25.0 Å². The van der Waals surface area contributed by atoms with Crippen LogP contribution >= 0.6 is 0 Å². The number of hydrogen-bond donors (Lipinski definition) is 1. The van der Waals surface area contributed by atoms with Crippen LogP contribution < -0.4 is 10.1 Å². The molecule has 0 heterocycles. The lowest BCUT2D eigenvalue weighted by atomic mass is 10.1. The molecule has 9 nitrogen and oxygen atoms in total. The van der Waals surface area contributed by atoms with Crippen molar-refractivity contribution < 1.29 is 32.5 Å². The van der Waals surface area contributed by atoms with Gasteiger partial charge in [-0.2, -0.15) is 13.2 Å². The van der Waals surface area contributed by atoms with E-state index in [1.54, 1.807) is 0 Å². The van der Waals surface area contributed by atoms with Gasteiger partial charge < -0.3 is 10.1 Å². The molecule has 2 rings (SSSR count). The highest BCUT2D eigenvalue weighted by atomic mass is 19.4. The minimum absolute atomic E-state index is 0.157. The fraction of sp³-hybridized carbons (Fsp3) is 0.133. The molecule has 2 aromatic rings. The van der Waals surface area contributed by atoms with Crippen LogP contribution in [0.5, 0.6) is 5.75 Å². The first kappa shape index (κ1) is 19.6. The molecule has 0 saturated heterocycles. The van der Waals surface area contributed by atoms with Crippen molar-refractivity contribution in [1.82, 2.24) is 0 Å². The summed E-state index contributed by atoms with van der Waals surface area (Å²) in [5.41, 5.74) is -2.78. The van der Waals surface area contributed by atoms with Gasteiger partial charge in [0.05, 0.1) is 9.85 Å². The number of non-ortho nitro benzene ring substituents is 1. The number of ether oxygens (including phenoxy) is 1. The van der Waals surface area contributed by atoms with Gasteiger partial charge >= 0.3 is 6.18 Å². The van der Waals surface area contributed by atoms with Crippen molar-refractivity contribution in [1.29, 1.82) is 0 Å². The van der Waals surface area contributed by atoms with E-state index in [0.717, 1.165) is 18.2 Å². The van der Waals surface area contributed by atoms with E-state index in [2.05, 4.69) is 5.32 Å². The number of para-hydroxylation sites is 2. The van der Waals surface area contributed by atoms with E-state index in [0.29, 0.717) is 0 Å². The molecule has 0 aliphatic rings. The van der Waals surface area contributed by atoms with E-state index in [4.69, 9.17) is 4.74 Å². The van der Waals surface area contributed by atoms with Crippen LogP contribution in [0.25, 0.3) is 0 Å². The summed E-state index contributed by atoms with van der Waals surface area (Å²) in [7, 11) is 0. The highest BCUT2D eigenvalue weighted by molar-refractivity contribution is 5.94. The SMILES string of the molecule is O=C(COc1ccc([N+](=O)[O-])cc1C(F)(F)F)Nc1ccccc1[N+](=O)[O-]. The molecule has 1 amide bonds. The molecular weight excluding hydrogens is 375 g/mol. The number of nitro benzene ring substituents is 2. The van der Waals surface area contributed by atoms with E-state index in [9.17, 15) is 38.2 Å². The van der Waals surface area contributed by atoms with Crippen LogP contribution in [-0.4, -0.2) is 22.4 Å². The number of halogens is 3. The molecule has 0 fully saturated rings. The van der Waals surface area contributed by atoms with Gasteiger partial charge in [-0.1, -0.05) is 12.1 Å². The largest absolute Gasteiger partial charge is 0.483 e. The van der Waals surface area contributed by atoms with Crippen molar-refractivity contribution in [2.24, 2.45) is 0 Å². The third-order valence-corrected chi connectivity index (χ3v) is 3.21. The second-order valence-corrected chi connectivity index (χ2v) is 5.05. The molecule has 0 aliphatic carbocycles. The Morgan fingerprint density at radius 3 is 2.33 bits per heavy atom. The number of hydrogen-bond acceptors (Lipinski definition) is 6. The topological polar surface area (TPSA) is 125 Å². The predicted octanol–water partition coefficient (Wildman–Crippen LogP) is 3.54. The summed E-state index contributed by atoms with van der Waals surface area (Å²) in [6.07, 6.45) is -4.95. The third-order valence-electron chi connectivity index (χ3n) is 3.21. The number of amides is 1. The number of benzene rings is 2. The van der Waals surface area contributed by atoms with Crippen molar-refractivity contribution in [3.8, 4) is 5.75 Å². The van der Waals surface area contributed by atoms with Crippen LogP contribution in [0.4, 0.5) is 30.2 Å². The van der Waals surface area contributed by atoms with Gasteiger partial charge in [-0.05, 0) is 12.1 Å². The van der Waals surface area contributed by atoms with E-state index in [1.807, 2.05) is 0 Å². The molecule has 0 spiro atoms. The monoisotopic (exact) mass is 385 g/mol. The number of carbonyl (C=O) groups is 1. The first-order chi connectivity index (χ1) is 12.6. The van der Waals surface area contributed by atoms with Gasteiger partial charge in [0.2, 0.25) is 0 Å². The van der Waals surface area contributed by atoms with Crippen molar-refractivity contribution >= 4 is 23.0 Å². The molecule has 0 aromatic heterocycles. The molecule has 142 valence electrons. The van der Waals surface area contributed by atoms with Gasteiger partial charge in [0.1, 0.15) is 17.0 Å². The number of nitro groups is 2. The minimum atomic E-state index is -4.95. The standard InChI is InChI=1S/C15H10F3N3O6/c16-15(17,18)10-7-9(20(23)24)5-6-13(10)27-8-14(22)19-11-3-1-2-4-12(11)21(25)26/h1-7H,8H2,(H,19,22). The smallest absolute Gasteiger partial charge is 0.420 e. The van der Waals surface area contributed by atoms with Gasteiger partial charge in [0.15, 0.2) is 6.61 Å². The highest BCUT2D eigenvalue weighted by Gasteiger charge is 2.36. The van der Waals surface area contributed by atoms with Crippen molar-refractivity contribution in [3.05, 3.63) is 68.3 Å². The highest BCUT2D eigenvalue weighted by Crippen LogP contribution is 2.38. The maximum atomic E-state index is 13.0. The van der Waals surface area contributed by atoms with E-state index >= 15 is 0 Å². The Balaban J connectivity index is 2.16. The molecule has 0 saturated carbocycles. The van der Waals surface area contributed by atoms with Crippen LogP contribution in [0.15, 0.2) is 42.5 Å². The molecule has 27 heavy (non-hydrogen) atoms. The van der Waals surface area contributed by atoms with Crippen molar-refractivity contribution in [2.75, 3.05) is 11.9 Å². The molecule has 0 aliphatic heterocycles. The zero-order valence-electron chi connectivity index (χ0n) is 13.2. The van der Waals surface area contributed by atoms with Crippen molar-refractivity contribution in [3.63, 3.8) is 0 Å². The maximum Gasteiger partial charge on any atom is 0.420 e. The van der Waals surface area contributed by atoms with E-state index in [1.165, 1.54) is 18.2 Å². The lowest BCUT2D eigenvalue weighted by Crippen LogP contribution is -2.22. The Morgan fingerprint density at radius 2 is 1.74 bits per heavy atom. The lowest BCUT2D eigenvalue weighted by Gasteiger charge is -2.13. The Morgan fingerprint density at radius 1 is 1.07 bits per heavy atom. The lowest BCUT2D eigenvalue weighted by molar-refractivity contribution is -0.385. The summed E-state index contributed by atoms with van der Waals surface area (Å²) in [5.74, 6) is -1.73. The minimum Gasteiger partial charge on any atom is -0.483 e. The number of nitrogens with one attached hydrogen (secondary N) is 1. The van der Waals surface area contributed by atoms with Crippen LogP contribution in [0.2, 0.25) is 0 Å². The average Bonchev–Trinajstić information content (AvgIpc) is 2.59.